The van der Waals surface area contributed by atoms with E-state index in [1.54, 1.807) is 18.2 Å². The number of phenolic OH excluding ortho intramolecular Hbond substituents is 1. The number of nitriles is 1. The lowest BCUT2D eigenvalue weighted by Gasteiger charge is -2.27. The van der Waals surface area contributed by atoms with Crippen molar-refractivity contribution in [2.75, 3.05) is 0 Å². The molecule has 0 spiro atoms. The number of nitrogens with zero attached hydrogens (tertiary/aromatic N) is 1. The molecule has 1 atom stereocenters. The molecule has 1 heterocycles. The average Bonchev–Trinajstić information content (AvgIpc) is 2.60. The van der Waals surface area contributed by atoms with Gasteiger partial charge in [0.05, 0.1) is 5.92 Å². The second-order valence-corrected chi connectivity index (χ2v) is 5.72. The lowest BCUT2D eigenvalue weighted by atomic mass is 9.82. The van der Waals surface area contributed by atoms with E-state index in [2.05, 4.69) is 6.07 Å². The van der Waals surface area contributed by atoms with Crippen LogP contribution in [0.25, 0.3) is 10.8 Å². The van der Waals surface area contributed by atoms with Crippen LogP contribution in [0.4, 0.5) is 0 Å². The van der Waals surface area contributed by atoms with E-state index in [9.17, 15) is 10.4 Å². The SMILES string of the molecule is N#CC1=C(N)Oc2c(ccc3ccccc23)[C@@H]1c1cccc(O)c1. The Bertz CT molecular complexity index is 1030. The number of phenols is 1. The zero-order chi connectivity index (χ0) is 16.7. The standard InChI is InChI=1S/C20H14N2O2/c21-11-17-18(13-5-3-6-14(23)10-13)16-9-8-12-4-1-2-7-15(12)19(16)24-20(17)22/h1-10,18,23H,22H2/t18-/m0/s1. The molecule has 4 rings (SSSR count). The Labute approximate surface area is 139 Å². The first-order valence-corrected chi connectivity index (χ1v) is 7.57. The largest absolute Gasteiger partial charge is 0.508 e. The second kappa shape index (κ2) is 5.32. The highest BCUT2D eigenvalue weighted by atomic mass is 16.5. The highest BCUT2D eigenvalue weighted by Gasteiger charge is 2.31. The van der Waals surface area contributed by atoms with Gasteiger partial charge in [0, 0.05) is 10.9 Å². The number of benzene rings is 3. The minimum atomic E-state index is -0.365. The van der Waals surface area contributed by atoms with Gasteiger partial charge < -0.3 is 15.6 Å². The molecule has 0 saturated heterocycles. The van der Waals surface area contributed by atoms with Crippen molar-refractivity contribution in [3.05, 3.63) is 83.2 Å². The zero-order valence-corrected chi connectivity index (χ0v) is 12.7. The first-order valence-electron chi connectivity index (χ1n) is 7.57. The number of fused-ring (bicyclic) bond motifs is 3. The van der Waals surface area contributed by atoms with Crippen LogP contribution in [0.1, 0.15) is 17.0 Å². The van der Waals surface area contributed by atoms with Gasteiger partial charge >= 0.3 is 0 Å². The van der Waals surface area contributed by atoms with Gasteiger partial charge in [-0.05, 0) is 23.1 Å². The fourth-order valence-corrected chi connectivity index (χ4v) is 3.23. The summed E-state index contributed by atoms with van der Waals surface area (Å²) in [5, 5.41) is 21.4. The summed E-state index contributed by atoms with van der Waals surface area (Å²) in [7, 11) is 0. The molecule has 0 fully saturated rings. The van der Waals surface area contributed by atoms with Crippen LogP contribution >= 0.6 is 0 Å². The summed E-state index contributed by atoms with van der Waals surface area (Å²) >= 11 is 0. The topological polar surface area (TPSA) is 79.3 Å². The van der Waals surface area contributed by atoms with E-state index >= 15 is 0 Å². The molecule has 3 aromatic rings. The van der Waals surface area contributed by atoms with Gasteiger partial charge in [-0.3, -0.25) is 0 Å². The summed E-state index contributed by atoms with van der Waals surface area (Å²) in [5.41, 5.74) is 8.05. The summed E-state index contributed by atoms with van der Waals surface area (Å²) < 4.78 is 5.80. The van der Waals surface area contributed by atoms with Gasteiger partial charge in [0.25, 0.3) is 0 Å². The quantitative estimate of drug-likeness (QED) is 0.716. The van der Waals surface area contributed by atoms with Crippen molar-refractivity contribution in [3.8, 4) is 17.6 Å². The van der Waals surface area contributed by atoms with Crippen LogP contribution in [-0.4, -0.2) is 5.11 Å². The molecular weight excluding hydrogens is 300 g/mol. The third-order valence-corrected chi connectivity index (χ3v) is 4.31. The van der Waals surface area contributed by atoms with Gasteiger partial charge in [-0.1, -0.05) is 48.5 Å². The lowest BCUT2D eigenvalue weighted by molar-refractivity contribution is 0.398. The number of aromatic hydroxyl groups is 1. The van der Waals surface area contributed by atoms with Crippen molar-refractivity contribution >= 4 is 10.8 Å². The Morgan fingerprint density at radius 3 is 2.67 bits per heavy atom. The van der Waals surface area contributed by atoms with Crippen molar-refractivity contribution in [3.63, 3.8) is 0 Å². The summed E-state index contributed by atoms with van der Waals surface area (Å²) in [6.07, 6.45) is 0. The minimum Gasteiger partial charge on any atom is -0.508 e. The van der Waals surface area contributed by atoms with Crippen molar-refractivity contribution in [1.82, 2.24) is 0 Å². The summed E-state index contributed by atoms with van der Waals surface area (Å²) in [5.74, 6) is 0.556. The highest BCUT2D eigenvalue weighted by molar-refractivity contribution is 5.90. The maximum Gasteiger partial charge on any atom is 0.205 e. The van der Waals surface area contributed by atoms with Gasteiger partial charge in [-0.2, -0.15) is 5.26 Å². The van der Waals surface area contributed by atoms with Gasteiger partial charge in [0.15, 0.2) is 0 Å². The number of rotatable bonds is 1. The van der Waals surface area contributed by atoms with Gasteiger partial charge in [-0.15, -0.1) is 0 Å². The molecule has 0 saturated carbocycles. The van der Waals surface area contributed by atoms with Crippen LogP contribution in [0.5, 0.6) is 11.5 Å². The Morgan fingerprint density at radius 2 is 1.88 bits per heavy atom. The summed E-state index contributed by atoms with van der Waals surface area (Å²) in [6.45, 7) is 0. The predicted molar refractivity (Wildman–Crippen MR) is 91.4 cm³/mol. The number of nitrogens with two attached hydrogens (primary N) is 1. The fraction of sp³-hybridized carbons (Fsp3) is 0.0500. The summed E-state index contributed by atoms with van der Waals surface area (Å²) in [4.78, 5) is 0. The fourth-order valence-electron chi connectivity index (χ4n) is 3.23. The molecule has 4 nitrogen and oxygen atoms in total. The molecular formula is C20H14N2O2. The van der Waals surface area contributed by atoms with Gasteiger partial charge in [-0.25, -0.2) is 0 Å². The van der Waals surface area contributed by atoms with E-state index in [4.69, 9.17) is 10.5 Å². The van der Waals surface area contributed by atoms with Crippen molar-refractivity contribution < 1.29 is 9.84 Å². The first kappa shape index (κ1) is 14.2. The lowest BCUT2D eigenvalue weighted by Crippen LogP contribution is -2.21. The normalized spacial score (nSPS) is 16.4. The number of hydrogen-bond acceptors (Lipinski definition) is 4. The third-order valence-electron chi connectivity index (χ3n) is 4.31. The van der Waals surface area contributed by atoms with E-state index in [-0.39, 0.29) is 17.6 Å². The van der Waals surface area contributed by atoms with Crippen LogP contribution < -0.4 is 10.5 Å². The molecule has 24 heavy (non-hydrogen) atoms. The zero-order valence-electron chi connectivity index (χ0n) is 12.7. The van der Waals surface area contributed by atoms with E-state index in [1.165, 1.54) is 0 Å². The molecule has 3 N–H and O–H groups in total. The molecule has 0 radical (unpaired) electrons. The molecule has 0 aromatic heterocycles. The highest BCUT2D eigenvalue weighted by Crippen LogP contribution is 2.45. The van der Waals surface area contributed by atoms with Crippen LogP contribution in [0.3, 0.4) is 0 Å². The Hall–Kier alpha value is -3.45. The smallest absolute Gasteiger partial charge is 0.205 e. The second-order valence-electron chi connectivity index (χ2n) is 5.72. The van der Waals surface area contributed by atoms with Gasteiger partial charge in [0.1, 0.15) is 23.1 Å². The molecule has 1 aliphatic rings. The molecule has 0 bridgehead atoms. The van der Waals surface area contributed by atoms with E-state index in [1.807, 2.05) is 42.5 Å². The van der Waals surface area contributed by atoms with Crippen molar-refractivity contribution in [2.24, 2.45) is 5.73 Å². The maximum absolute atomic E-state index is 9.83. The van der Waals surface area contributed by atoms with E-state index in [0.29, 0.717) is 11.3 Å². The van der Waals surface area contributed by atoms with Crippen molar-refractivity contribution in [1.29, 1.82) is 5.26 Å². The maximum atomic E-state index is 9.83. The first-order chi connectivity index (χ1) is 11.7. The Kier molecular flexibility index (Phi) is 3.14. The van der Waals surface area contributed by atoms with Crippen molar-refractivity contribution in [2.45, 2.75) is 5.92 Å². The minimum absolute atomic E-state index is 0.106. The predicted octanol–water partition coefficient (Wildman–Crippen LogP) is 3.76. The summed E-state index contributed by atoms with van der Waals surface area (Å²) in [6, 6.07) is 20.9. The Morgan fingerprint density at radius 1 is 1.04 bits per heavy atom. The van der Waals surface area contributed by atoms with Crippen LogP contribution in [0.15, 0.2) is 72.1 Å². The van der Waals surface area contributed by atoms with Crippen LogP contribution in [0.2, 0.25) is 0 Å². The Balaban J connectivity index is 2.02. The molecule has 3 aromatic carbocycles. The monoisotopic (exact) mass is 314 g/mol. The number of ether oxygens (including phenoxy) is 1. The van der Waals surface area contributed by atoms with Crippen LogP contribution in [-0.2, 0) is 0 Å². The van der Waals surface area contributed by atoms with E-state index in [0.717, 1.165) is 21.9 Å². The molecule has 0 amide bonds. The van der Waals surface area contributed by atoms with Gasteiger partial charge in [0.2, 0.25) is 5.88 Å². The molecule has 1 aliphatic heterocycles. The molecule has 0 unspecified atom stereocenters. The number of hydrogen-bond donors (Lipinski definition) is 2. The average molecular weight is 314 g/mol. The molecule has 4 heteroatoms. The molecule has 116 valence electrons. The third kappa shape index (κ3) is 2.07. The van der Waals surface area contributed by atoms with Crippen LogP contribution in [0, 0.1) is 11.3 Å². The van der Waals surface area contributed by atoms with E-state index < -0.39 is 0 Å². The number of allylic oxidation sites excluding steroid dienone is 1. The molecule has 0 aliphatic carbocycles.